The number of hydrogen-bond donors (Lipinski definition) is 3. The summed E-state index contributed by atoms with van der Waals surface area (Å²) in [7, 11) is 6.78. The quantitative estimate of drug-likeness (QED) is 0.285. The lowest BCUT2D eigenvalue weighted by molar-refractivity contribution is -0.127. The van der Waals surface area contributed by atoms with E-state index in [9.17, 15) is 4.79 Å². The number of amides is 1. The average Bonchev–Trinajstić information content (AvgIpc) is 3.16. The normalized spacial score (nSPS) is 11.4. The van der Waals surface area contributed by atoms with Crippen LogP contribution < -0.4 is 20.1 Å². The summed E-state index contributed by atoms with van der Waals surface area (Å²) < 4.78 is 10.8. The van der Waals surface area contributed by atoms with E-state index >= 15 is 0 Å². The lowest BCUT2D eigenvalue weighted by atomic mass is 10.2. The summed E-state index contributed by atoms with van der Waals surface area (Å²) in [5.74, 6) is 3.18. The first-order valence-corrected chi connectivity index (χ1v) is 11.3. The molecule has 0 aliphatic rings. The number of likely N-dealkylation sites (N-methyl/N-ethyl adjacent to an activating group) is 1. The number of aromatic amines is 1. The van der Waals surface area contributed by atoms with Crippen molar-refractivity contribution in [2.45, 2.75) is 12.8 Å². The van der Waals surface area contributed by atoms with Crippen molar-refractivity contribution in [2.75, 3.05) is 60.0 Å². The number of aryl methyl sites for hydroxylation is 1. The first-order chi connectivity index (χ1) is 14.5. The van der Waals surface area contributed by atoms with Gasteiger partial charge in [-0.25, -0.2) is 4.99 Å². The summed E-state index contributed by atoms with van der Waals surface area (Å²) >= 11 is 1.76. The topological polar surface area (TPSA) is 91.0 Å². The van der Waals surface area contributed by atoms with Crippen molar-refractivity contribution >= 4 is 34.5 Å². The molecule has 0 aliphatic heterocycles. The standard InChI is InChI=1S/C21H33N5O3S/c1-26(2)20(27)14-24-21(23-9-10-30-5)22-8-6-7-15-11-17-18(25-15)12-16(28-3)13-19(17)29-4/h11-13,25H,6-10,14H2,1-5H3,(H2,22,23,24). The van der Waals surface area contributed by atoms with Gasteiger partial charge in [-0.1, -0.05) is 0 Å². The Balaban J connectivity index is 1.93. The van der Waals surface area contributed by atoms with Crippen LogP contribution in [0.1, 0.15) is 12.1 Å². The first-order valence-electron chi connectivity index (χ1n) is 9.93. The van der Waals surface area contributed by atoms with Crippen LogP contribution in [0.15, 0.2) is 23.2 Å². The maximum atomic E-state index is 11.8. The highest BCUT2D eigenvalue weighted by Gasteiger charge is 2.09. The molecule has 0 saturated heterocycles. The fourth-order valence-electron chi connectivity index (χ4n) is 2.88. The molecule has 2 rings (SSSR count). The van der Waals surface area contributed by atoms with Crippen molar-refractivity contribution in [1.82, 2.24) is 20.5 Å². The number of aromatic nitrogens is 1. The van der Waals surface area contributed by atoms with Gasteiger partial charge in [0.05, 0.1) is 19.7 Å². The van der Waals surface area contributed by atoms with E-state index in [4.69, 9.17) is 9.47 Å². The summed E-state index contributed by atoms with van der Waals surface area (Å²) in [6, 6.07) is 5.98. The number of thioether (sulfide) groups is 1. The van der Waals surface area contributed by atoms with Crippen LogP contribution >= 0.6 is 11.8 Å². The second-order valence-electron chi connectivity index (χ2n) is 6.99. The van der Waals surface area contributed by atoms with Crippen LogP contribution in [0.5, 0.6) is 11.5 Å². The fourth-order valence-corrected chi connectivity index (χ4v) is 3.18. The Bertz CT molecular complexity index is 851. The molecule has 1 heterocycles. The number of nitrogens with one attached hydrogen (secondary N) is 3. The van der Waals surface area contributed by atoms with E-state index in [0.717, 1.165) is 59.8 Å². The van der Waals surface area contributed by atoms with E-state index in [1.165, 1.54) is 0 Å². The van der Waals surface area contributed by atoms with Gasteiger partial charge < -0.3 is 30.0 Å². The third-order valence-electron chi connectivity index (χ3n) is 4.57. The van der Waals surface area contributed by atoms with Crippen molar-refractivity contribution < 1.29 is 14.3 Å². The molecule has 0 spiro atoms. The van der Waals surface area contributed by atoms with Crippen LogP contribution in [-0.2, 0) is 11.2 Å². The van der Waals surface area contributed by atoms with Gasteiger partial charge >= 0.3 is 0 Å². The number of benzene rings is 1. The molecule has 8 nitrogen and oxygen atoms in total. The molecule has 0 unspecified atom stereocenters. The number of nitrogens with zero attached hydrogens (tertiary/aromatic N) is 2. The highest BCUT2D eigenvalue weighted by atomic mass is 32.2. The molecule has 0 saturated carbocycles. The number of methoxy groups -OCH3 is 2. The van der Waals surface area contributed by atoms with E-state index in [1.807, 2.05) is 12.1 Å². The number of hydrogen-bond acceptors (Lipinski definition) is 5. The van der Waals surface area contributed by atoms with Crippen LogP contribution in [0.25, 0.3) is 10.9 Å². The number of carbonyl (C=O) groups is 1. The van der Waals surface area contributed by atoms with Gasteiger partial charge in [0.1, 0.15) is 18.0 Å². The molecular weight excluding hydrogens is 402 g/mol. The Morgan fingerprint density at radius 3 is 2.60 bits per heavy atom. The molecular formula is C21H33N5O3S. The zero-order valence-corrected chi connectivity index (χ0v) is 19.3. The number of guanidine groups is 1. The molecule has 0 bridgehead atoms. The second-order valence-corrected chi connectivity index (χ2v) is 7.97. The summed E-state index contributed by atoms with van der Waals surface area (Å²) in [5, 5.41) is 7.64. The van der Waals surface area contributed by atoms with Crippen LogP contribution in [-0.4, -0.2) is 81.7 Å². The predicted molar refractivity (Wildman–Crippen MR) is 125 cm³/mol. The van der Waals surface area contributed by atoms with E-state index in [1.54, 1.807) is 45.0 Å². The third kappa shape index (κ3) is 7.05. The van der Waals surface area contributed by atoms with Crippen molar-refractivity contribution in [3.05, 3.63) is 23.9 Å². The maximum absolute atomic E-state index is 11.8. The Morgan fingerprint density at radius 1 is 1.17 bits per heavy atom. The van der Waals surface area contributed by atoms with Crippen LogP contribution in [0, 0.1) is 0 Å². The molecule has 30 heavy (non-hydrogen) atoms. The molecule has 9 heteroatoms. The Labute approximate surface area is 182 Å². The highest BCUT2D eigenvalue weighted by molar-refractivity contribution is 7.98. The lowest BCUT2D eigenvalue weighted by Crippen LogP contribution is -2.40. The van der Waals surface area contributed by atoms with Gasteiger partial charge in [-0.05, 0) is 25.2 Å². The van der Waals surface area contributed by atoms with E-state index in [0.29, 0.717) is 5.96 Å². The molecule has 0 fully saturated rings. The van der Waals surface area contributed by atoms with Crippen LogP contribution in [0.3, 0.4) is 0 Å². The number of carbonyl (C=O) groups excluding carboxylic acids is 1. The number of fused-ring (bicyclic) bond motifs is 1. The third-order valence-corrected chi connectivity index (χ3v) is 5.18. The molecule has 0 atom stereocenters. The minimum absolute atomic E-state index is 0.0246. The van der Waals surface area contributed by atoms with Gasteiger partial charge in [-0.2, -0.15) is 11.8 Å². The Hall–Kier alpha value is -2.55. The van der Waals surface area contributed by atoms with Crippen LogP contribution in [0.2, 0.25) is 0 Å². The molecule has 166 valence electrons. The molecule has 0 radical (unpaired) electrons. The lowest BCUT2D eigenvalue weighted by Gasteiger charge is -2.13. The number of aliphatic imine (C=N–C) groups is 1. The number of ether oxygens (including phenoxy) is 2. The molecule has 1 aromatic carbocycles. The molecule has 2 aromatic rings. The minimum atomic E-state index is -0.0246. The van der Waals surface area contributed by atoms with E-state index < -0.39 is 0 Å². The van der Waals surface area contributed by atoms with Gasteiger partial charge in [-0.15, -0.1) is 0 Å². The predicted octanol–water partition coefficient (Wildman–Crippen LogP) is 2.10. The molecule has 0 aliphatic carbocycles. The van der Waals surface area contributed by atoms with Crippen molar-refractivity contribution in [3.8, 4) is 11.5 Å². The van der Waals surface area contributed by atoms with Gasteiger partial charge in [0.15, 0.2) is 5.96 Å². The number of H-pyrrole nitrogens is 1. The van der Waals surface area contributed by atoms with Gasteiger partial charge in [0.2, 0.25) is 5.91 Å². The largest absolute Gasteiger partial charge is 0.497 e. The summed E-state index contributed by atoms with van der Waals surface area (Å²) in [5.41, 5.74) is 2.13. The Morgan fingerprint density at radius 2 is 1.93 bits per heavy atom. The zero-order chi connectivity index (χ0) is 21.9. The van der Waals surface area contributed by atoms with Crippen molar-refractivity contribution in [3.63, 3.8) is 0 Å². The summed E-state index contributed by atoms with van der Waals surface area (Å²) in [6.07, 6.45) is 3.85. The molecule has 1 amide bonds. The number of rotatable bonds is 11. The average molecular weight is 436 g/mol. The van der Waals surface area contributed by atoms with Crippen LogP contribution in [0.4, 0.5) is 0 Å². The molecule has 3 N–H and O–H groups in total. The van der Waals surface area contributed by atoms with E-state index in [2.05, 4.69) is 32.9 Å². The zero-order valence-electron chi connectivity index (χ0n) is 18.5. The fraction of sp³-hybridized carbons (Fsp3) is 0.524. The minimum Gasteiger partial charge on any atom is -0.497 e. The van der Waals surface area contributed by atoms with Crippen molar-refractivity contribution in [1.29, 1.82) is 0 Å². The SMILES string of the molecule is COc1cc(OC)c2cc(CCCNC(=NCC(=O)N(C)C)NCCSC)[nH]c2c1. The van der Waals surface area contributed by atoms with Crippen molar-refractivity contribution in [2.24, 2.45) is 4.99 Å². The van der Waals surface area contributed by atoms with Gasteiger partial charge in [0.25, 0.3) is 0 Å². The highest BCUT2D eigenvalue weighted by Crippen LogP contribution is 2.31. The summed E-state index contributed by atoms with van der Waals surface area (Å²) in [6.45, 7) is 1.68. The second kappa shape index (κ2) is 12.2. The Kier molecular flexibility index (Phi) is 9.66. The smallest absolute Gasteiger partial charge is 0.243 e. The maximum Gasteiger partial charge on any atom is 0.243 e. The molecule has 1 aromatic heterocycles. The first kappa shape index (κ1) is 23.7. The van der Waals surface area contributed by atoms with E-state index in [-0.39, 0.29) is 12.5 Å². The monoisotopic (exact) mass is 435 g/mol. The summed E-state index contributed by atoms with van der Waals surface area (Å²) in [4.78, 5) is 21.2. The van der Waals surface area contributed by atoms with Gasteiger partial charge in [0, 0.05) is 56.2 Å². The van der Waals surface area contributed by atoms with Gasteiger partial charge in [-0.3, -0.25) is 4.79 Å².